The molecule has 28 heavy (non-hydrogen) atoms. The smallest absolute Gasteiger partial charge is 0.422 e. The van der Waals surface area contributed by atoms with E-state index in [4.69, 9.17) is 16.0 Å². The van der Waals surface area contributed by atoms with Crippen molar-refractivity contribution in [3.63, 3.8) is 0 Å². The van der Waals surface area contributed by atoms with E-state index in [-0.39, 0.29) is 34.2 Å². The van der Waals surface area contributed by atoms with Crippen LogP contribution in [0.25, 0.3) is 11.0 Å². The molecule has 11 heteroatoms. The maximum atomic E-state index is 12.3. The van der Waals surface area contributed by atoms with Gasteiger partial charge < -0.3 is 14.5 Å². The first kappa shape index (κ1) is 19.6. The molecule has 0 saturated carbocycles. The van der Waals surface area contributed by atoms with Gasteiger partial charge in [-0.1, -0.05) is 11.6 Å². The number of hydrogen-bond donors (Lipinski definition) is 1. The van der Waals surface area contributed by atoms with Gasteiger partial charge >= 0.3 is 12.1 Å². The number of esters is 1. The van der Waals surface area contributed by atoms with Gasteiger partial charge in [-0.25, -0.2) is 9.78 Å². The number of amides is 1. The van der Waals surface area contributed by atoms with Crippen molar-refractivity contribution in [2.75, 3.05) is 6.61 Å². The van der Waals surface area contributed by atoms with Gasteiger partial charge in [0.15, 0.2) is 6.61 Å². The fourth-order valence-corrected chi connectivity index (χ4v) is 2.53. The van der Waals surface area contributed by atoms with E-state index in [1.54, 1.807) is 0 Å². The monoisotopic (exact) mass is 413 g/mol. The lowest BCUT2D eigenvalue weighted by molar-refractivity contribution is -0.161. The summed E-state index contributed by atoms with van der Waals surface area (Å²) in [6, 6.07) is 4.11. The molecule has 0 spiro atoms. The second kappa shape index (κ2) is 7.85. The number of alkyl halides is 3. The third-order valence-electron chi connectivity index (χ3n) is 3.44. The molecular formula is C17H11ClF3N3O4. The van der Waals surface area contributed by atoms with Crippen LogP contribution in [0.4, 0.5) is 13.2 Å². The Labute approximate surface area is 160 Å². The fourth-order valence-electron chi connectivity index (χ4n) is 2.31. The average molecular weight is 414 g/mol. The van der Waals surface area contributed by atoms with E-state index < -0.39 is 24.7 Å². The number of aromatic nitrogens is 2. The lowest BCUT2D eigenvalue weighted by Gasteiger charge is -2.08. The lowest BCUT2D eigenvalue weighted by Crippen LogP contribution is -2.23. The normalized spacial score (nSPS) is 11.4. The number of carbonyl (C=O) groups is 2. The third kappa shape index (κ3) is 4.77. The Morgan fingerprint density at radius 3 is 2.68 bits per heavy atom. The molecule has 0 unspecified atom stereocenters. The first-order valence-electron chi connectivity index (χ1n) is 7.73. The predicted molar refractivity (Wildman–Crippen MR) is 90.8 cm³/mol. The molecule has 1 N–H and O–H groups in total. The molecule has 3 aromatic rings. The summed E-state index contributed by atoms with van der Waals surface area (Å²) in [7, 11) is 0. The van der Waals surface area contributed by atoms with Crippen LogP contribution < -0.4 is 5.32 Å². The molecule has 0 aliphatic carbocycles. The van der Waals surface area contributed by atoms with Crippen molar-refractivity contribution in [3.05, 3.63) is 58.8 Å². The summed E-state index contributed by atoms with van der Waals surface area (Å²) in [6.45, 7) is -1.79. The summed E-state index contributed by atoms with van der Waals surface area (Å²) in [5.74, 6) is -1.48. The zero-order valence-electron chi connectivity index (χ0n) is 13.9. The molecule has 3 rings (SSSR count). The lowest BCUT2D eigenvalue weighted by atomic mass is 10.1. The van der Waals surface area contributed by atoms with E-state index >= 15 is 0 Å². The third-order valence-corrected chi connectivity index (χ3v) is 3.66. The van der Waals surface area contributed by atoms with Crippen LogP contribution in [0.5, 0.6) is 0 Å². The standard InChI is InChI=1S/C17H11ClF3N3O4/c18-10-3-9-4-11(6-24-15(25)13-7-22-1-2-23-13)28-14(9)12(5-10)16(26)27-8-17(19,20)21/h1-5,7H,6,8H2,(H,24,25). The quantitative estimate of drug-likeness (QED) is 0.643. The minimum absolute atomic E-state index is 0.000302. The summed E-state index contributed by atoms with van der Waals surface area (Å²) >= 11 is 5.92. The van der Waals surface area contributed by atoms with Gasteiger partial charge in [0.2, 0.25) is 0 Å². The fraction of sp³-hybridized carbons (Fsp3) is 0.176. The zero-order valence-corrected chi connectivity index (χ0v) is 14.7. The maximum Gasteiger partial charge on any atom is 0.422 e. The van der Waals surface area contributed by atoms with Crippen LogP contribution in [0, 0.1) is 0 Å². The minimum Gasteiger partial charge on any atom is -0.458 e. The van der Waals surface area contributed by atoms with Crippen molar-refractivity contribution >= 4 is 34.4 Å². The Bertz CT molecular complexity index is 1020. The van der Waals surface area contributed by atoms with Gasteiger partial charge in [0.05, 0.1) is 12.7 Å². The van der Waals surface area contributed by atoms with E-state index in [9.17, 15) is 22.8 Å². The Morgan fingerprint density at radius 2 is 2.00 bits per heavy atom. The van der Waals surface area contributed by atoms with Crippen LogP contribution >= 0.6 is 11.6 Å². The average Bonchev–Trinajstić information content (AvgIpc) is 3.06. The summed E-state index contributed by atoms with van der Waals surface area (Å²) < 4.78 is 46.6. The highest BCUT2D eigenvalue weighted by Gasteiger charge is 2.30. The first-order valence-corrected chi connectivity index (χ1v) is 8.11. The number of furan rings is 1. The van der Waals surface area contributed by atoms with Gasteiger partial charge in [0.1, 0.15) is 22.6 Å². The summed E-state index contributed by atoms with van der Waals surface area (Å²) in [5, 5.41) is 3.04. The first-order chi connectivity index (χ1) is 13.2. The van der Waals surface area contributed by atoms with E-state index in [1.165, 1.54) is 30.7 Å². The number of hydrogen-bond acceptors (Lipinski definition) is 6. The van der Waals surface area contributed by atoms with Gasteiger partial charge in [-0.2, -0.15) is 13.2 Å². The molecule has 2 heterocycles. The Kier molecular flexibility index (Phi) is 5.50. The number of nitrogens with zero attached hydrogens (tertiary/aromatic N) is 2. The van der Waals surface area contributed by atoms with Crippen molar-refractivity contribution < 1.29 is 31.9 Å². The molecule has 2 aromatic heterocycles. The maximum absolute atomic E-state index is 12.3. The topological polar surface area (TPSA) is 94.3 Å². The van der Waals surface area contributed by atoms with Gasteiger partial charge in [0.25, 0.3) is 5.91 Å². The van der Waals surface area contributed by atoms with Gasteiger partial charge in [0, 0.05) is 22.8 Å². The molecule has 146 valence electrons. The van der Waals surface area contributed by atoms with Gasteiger partial charge in [-0.3, -0.25) is 9.78 Å². The number of fused-ring (bicyclic) bond motifs is 1. The Morgan fingerprint density at radius 1 is 1.21 bits per heavy atom. The molecule has 0 bridgehead atoms. The molecule has 0 saturated heterocycles. The number of ether oxygens (including phenoxy) is 1. The second-order valence-electron chi connectivity index (χ2n) is 5.55. The highest BCUT2D eigenvalue weighted by Crippen LogP contribution is 2.28. The van der Waals surface area contributed by atoms with Crippen LogP contribution in [0.1, 0.15) is 26.6 Å². The Balaban J connectivity index is 1.79. The number of nitrogens with one attached hydrogen (secondary N) is 1. The van der Waals surface area contributed by atoms with Gasteiger partial charge in [-0.15, -0.1) is 0 Å². The van der Waals surface area contributed by atoms with E-state index in [2.05, 4.69) is 20.0 Å². The van der Waals surface area contributed by atoms with Crippen molar-refractivity contribution in [2.45, 2.75) is 12.7 Å². The largest absolute Gasteiger partial charge is 0.458 e. The van der Waals surface area contributed by atoms with Crippen molar-refractivity contribution in [1.82, 2.24) is 15.3 Å². The molecule has 0 atom stereocenters. The minimum atomic E-state index is -4.66. The number of rotatable bonds is 5. The van der Waals surface area contributed by atoms with Gasteiger partial charge in [-0.05, 0) is 18.2 Å². The van der Waals surface area contributed by atoms with Crippen LogP contribution in [0.15, 0.2) is 41.2 Å². The summed E-state index contributed by atoms with van der Waals surface area (Å²) in [4.78, 5) is 31.6. The van der Waals surface area contributed by atoms with E-state index in [1.807, 2.05) is 0 Å². The summed E-state index contributed by atoms with van der Waals surface area (Å²) in [6.07, 6.45) is -0.606. The van der Waals surface area contributed by atoms with Crippen LogP contribution in [-0.2, 0) is 11.3 Å². The van der Waals surface area contributed by atoms with Crippen LogP contribution in [0.2, 0.25) is 5.02 Å². The number of carbonyl (C=O) groups excluding carboxylic acids is 2. The zero-order chi connectivity index (χ0) is 20.3. The van der Waals surface area contributed by atoms with Crippen molar-refractivity contribution in [1.29, 1.82) is 0 Å². The van der Waals surface area contributed by atoms with E-state index in [0.29, 0.717) is 5.39 Å². The molecule has 7 nitrogen and oxygen atoms in total. The molecule has 0 aliphatic rings. The molecule has 1 aromatic carbocycles. The molecule has 0 radical (unpaired) electrons. The van der Waals surface area contributed by atoms with E-state index in [0.717, 1.165) is 6.07 Å². The predicted octanol–water partition coefficient (Wildman–Crippen LogP) is 3.53. The molecular weight excluding hydrogens is 403 g/mol. The van der Waals surface area contributed by atoms with Crippen LogP contribution in [-0.4, -0.2) is 34.6 Å². The molecule has 0 aliphatic heterocycles. The Hall–Kier alpha value is -3.14. The SMILES string of the molecule is O=C(NCc1cc2cc(Cl)cc(C(=O)OCC(F)(F)F)c2o1)c1cnccn1. The number of halogens is 4. The summed E-state index contributed by atoms with van der Waals surface area (Å²) in [5.41, 5.74) is -0.156. The number of benzene rings is 1. The second-order valence-corrected chi connectivity index (χ2v) is 5.99. The van der Waals surface area contributed by atoms with Crippen molar-refractivity contribution in [3.8, 4) is 0 Å². The molecule has 0 fully saturated rings. The highest BCUT2D eigenvalue weighted by molar-refractivity contribution is 6.32. The van der Waals surface area contributed by atoms with Crippen LogP contribution in [0.3, 0.4) is 0 Å². The highest BCUT2D eigenvalue weighted by atomic mass is 35.5. The van der Waals surface area contributed by atoms with Crippen molar-refractivity contribution in [2.24, 2.45) is 0 Å². The molecule has 1 amide bonds.